The smallest absolute Gasteiger partial charge is 0.374 e. The molecule has 0 amide bonds. The minimum absolute atomic E-state index is 0.0945. The number of halogens is 1. The van der Waals surface area contributed by atoms with Gasteiger partial charge in [0.2, 0.25) is 5.78 Å². The van der Waals surface area contributed by atoms with Crippen molar-refractivity contribution in [3.05, 3.63) is 28.8 Å². The zero-order valence-corrected chi connectivity index (χ0v) is 9.71. The first-order valence-electron chi connectivity index (χ1n) is 4.52. The van der Waals surface area contributed by atoms with Gasteiger partial charge in [-0.15, -0.1) is 0 Å². The highest BCUT2D eigenvalue weighted by Crippen LogP contribution is 2.28. The van der Waals surface area contributed by atoms with Crippen LogP contribution in [0.1, 0.15) is 5.56 Å². The molecule has 0 aliphatic rings. The zero-order valence-electron chi connectivity index (χ0n) is 8.95. The van der Waals surface area contributed by atoms with Crippen LogP contribution in [0.25, 0.3) is 0 Å². The van der Waals surface area contributed by atoms with Crippen molar-refractivity contribution >= 4 is 23.4 Å². The van der Waals surface area contributed by atoms with Gasteiger partial charge in [-0.2, -0.15) is 0 Å². The lowest BCUT2D eigenvalue weighted by Crippen LogP contribution is -2.17. The Morgan fingerprint density at radius 2 is 2.00 bits per heavy atom. The van der Waals surface area contributed by atoms with Gasteiger partial charge in [0.05, 0.1) is 19.2 Å². The number of hydrogen-bond donors (Lipinski definition) is 0. The highest BCUT2D eigenvalue weighted by atomic mass is 35.5. The van der Waals surface area contributed by atoms with E-state index < -0.39 is 11.8 Å². The zero-order chi connectivity index (χ0) is 12.1. The van der Waals surface area contributed by atoms with Crippen molar-refractivity contribution in [1.82, 2.24) is 0 Å². The summed E-state index contributed by atoms with van der Waals surface area (Å²) < 4.78 is 9.31. The van der Waals surface area contributed by atoms with Crippen LogP contribution in [0.4, 0.5) is 0 Å². The maximum atomic E-state index is 11.3. The third-order valence-corrected chi connectivity index (χ3v) is 2.46. The highest BCUT2D eigenvalue weighted by Gasteiger charge is 2.17. The van der Waals surface area contributed by atoms with E-state index in [4.69, 9.17) is 16.3 Å². The van der Waals surface area contributed by atoms with Gasteiger partial charge in [-0.1, -0.05) is 23.7 Å². The summed E-state index contributed by atoms with van der Waals surface area (Å²) in [6.07, 6.45) is -0.0945. The number of ketones is 1. The Bertz CT molecular complexity index is 414. The van der Waals surface area contributed by atoms with Crippen molar-refractivity contribution in [2.75, 3.05) is 14.2 Å². The molecule has 0 aliphatic heterocycles. The number of benzene rings is 1. The molecule has 0 aliphatic carbocycles. The molecule has 1 rings (SSSR count). The van der Waals surface area contributed by atoms with Crippen molar-refractivity contribution in [3.63, 3.8) is 0 Å². The van der Waals surface area contributed by atoms with Gasteiger partial charge in [-0.25, -0.2) is 4.79 Å². The molecule has 0 N–H and O–H groups in total. The van der Waals surface area contributed by atoms with Crippen molar-refractivity contribution in [3.8, 4) is 5.75 Å². The van der Waals surface area contributed by atoms with E-state index in [-0.39, 0.29) is 6.42 Å². The number of rotatable bonds is 4. The van der Waals surface area contributed by atoms with Crippen molar-refractivity contribution in [2.24, 2.45) is 0 Å². The second-order valence-corrected chi connectivity index (χ2v) is 3.40. The van der Waals surface area contributed by atoms with Crippen LogP contribution in [0.2, 0.25) is 5.02 Å². The Morgan fingerprint density at radius 1 is 1.31 bits per heavy atom. The molecular weight excluding hydrogens is 232 g/mol. The number of ether oxygens (including phenoxy) is 2. The lowest BCUT2D eigenvalue weighted by Gasteiger charge is -2.07. The fourth-order valence-corrected chi connectivity index (χ4v) is 1.48. The molecule has 0 unspecified atom stereocenters. The lowest BCUT2D eigenvalue weighted by molar-refractivity contribution is -0.151. The van der Waals surface area contributed by atoms with Gasteiger partial charge in [0.25, 0.3) is 0 Å². The van der Waals surface area contributed by atoms with Gasteiger partial charge in [0.1, 0.15) is 5.75 Å². The van der Waals surface area contributed by atoms with Crippen molar-refractivity contribution in [2.45, 2.75) is 6.42 Å². The largest absolute Gasteiger partial charge is 0.495 e. The number of carbonyl (C=O) groups excluding carboxylic acids is 2. The molecule has 16 heavy (non-hydrogen) atoms. The standard InChI is InChI=1S/C11H11ClO4/c1-15-9-5-3-4-7(10(9)12)6-8(13)11(14)16-2/h3-5H,6H2,1-2H3. The van der Waals surface area contributed by atoms with E-state index in [0.717, 1.165) is 7.11 Å². The Hall–Kier alpha value is -1.55. The molecule has 1 aromatic rings. The first-order valence-corrected chi connectivity index (χ1v) is 4.90. The predicted molar refractivity (Wildman–Crippen MR) is 58.7 cm³/mol. The van der Waals surface area contributed by atoms with Gasteiger partial charge in [-0.05, 0) is 11.6 Å². The van der Waals surface area contributed by atoms with Crippen LogP contribution in [0.5, 0.6) is 5.75 Å². The predicted octanol–water partition coefficient (Wildman–Crippen LogP) is 1.63. The number of methoxy groups -OCH3 is 2. The Kier molecular flexibility index (Phi) is 4.31. The lowest BCUT2D eigenvalue weighted by atomic mass is 10.1. The SMILES string of the molecule is COC(=O)C(=O)Cc1cccc(OC)c1Cl. The first-order chi connectivity index (χ1) is 7.60. The number of hydrogen-bond acceptors (Lipinski definition) is 4. The van der Waals surface area contributed by atoms with Crippen LogP contribution >= 0.6 is 11.6 Å². The third-order valence-electron chi connectivity index (χ3n) is 2.03. The van der Waals surface area contributed by atoms with E-state index in [1.807, 2.05) is 0 Å². The van der Waals surface area contributed by atoms with E-state index in [1.165, 1.54) is 7.11 Å². The summed E-state index contributed by atoms with van der Waals surface area (Å²) in [6.45, 7) is 0. The molecule has 1 aromatic carbocycles. The van der Waals surface area contributed by atoms with Crippen LogP contribution in [0, 0.1) is 0 Å². The molecular formula is C11H11ClO4. The molecule has 86 valence electrons. The summed E-state index contributed by atoms with van der Waals surface area (Å²) in [5, 5.41) is 0.335. The van der Waals surface area contributed by atoms with Crippen LogP contribution in [-0.2, 0) is 20.7 Å². The van der Waals surface area contributed by atoms with Crippen molar-refractivity contribution in [1.29, 1.82) is 0 Å². The molecule has 0 bridgehead atoms. The Morgan fingerprint density at radius 3 is 2.56 bits per heavy atom. The summed E-state index contributed by atoms with van der Waals surface area (Å²) in [6, 6.07) is 5.03. The molecule has 5 heteroatoms. The minimum atomic E-state index is -0.876. The van der Waals surface area contributed by atoms with E-state index in [0.29, 0.717) is 16.3 Å². The van der Waals surface area contributed by atoms with E-state index >= 15 is 0 Å². The molecule has 0 saturated heterocycles. The Balaban J connectivity index is 2.90. The first kappa shape index (κ1) is 12.5. The third kappa shape index (κ3) is 2.73. The summed E-state index contributed by atoms with van der Waals surface area (Å²) >= 11 is 5.97. The molecule has 0 atom stereocenters. The quantitative estimate of drug-likeness (QED) is 0.595. The second-order valence-electron chi connectivity index (χ2n) is 3.02. The fraction of sp³-hybridized carbons (Fsp3) is 0.273. The molecule has 0 fully saturated rings. The van der Waals surface area contributed by atoms with Crippen LogP contribution in [0.3, 0.4) is 0 Å². The number of carbonyl (C=O) groups is 2. The molecule has 0 aromatic heterocycles. The van der Waals surface area contributed by atoms with E-state index in [9.17, 15) is 9.59 Å². The second kappa shape index (κ2) is 5.51. The van der Waals surface area contributed by atoms with Gasteiger partial charge in [0, 0.05) is 6.42 Å². The van der Waals surface area contributed by atoms with Crippen LogP contribution < -0.4 is 4.74 Å². The molecule has 0 heterocycles. The number of esters is 1. The van der Waals surface area contributed by atoms with Gasteiger partial charge in [-0.3, -0.25) is 4.79 Å². The summed E-state index contributed by atoms with van der Waals surface area (Å²) in [7, 11) is 2.64. The average Bonchev–Trinajstić information content (AvgIpc) is 2.30. The summed E-state index contributed by atoms with van der Waals surface area (Å²) in [5.41, 5.74) is 0.538. The van der Waals surface area contributed by atoms with Crippen LogP contribution in [-0.4, -0.2) is 26.0 Å². The number of Topliss-reactive ketones (excluding diaryl/α,β-unsaturated/α-hetero) is 1. The molecule has 0 spiro atoms. The summed E-state index contributed by atoms with van der Waals surface area (Å²) in [5.74, 6) is -1.05. The average molecular weight is 243 g/mol. The van der Waals surface area contributed by atoms with Crippen LogP contribution in [0.15, 0.2) is 18.2 Å². The molecule has 0 saturated carbocycles. The summed E-state index contributed by atoms with van der Waals surface area (Å²) in [4.78, 5) is 22.3. The minimum Gasteiger partial charge on any atom is -0.495 e. The van der Waals surface area contributed by atoms with Gasteiger partial charge >= 0.3 is 5.97 Å². The topological polar surface area (TPSA) is 52.6 Å². The van der Waals surface area contributed by atoms with E-state index in [2.05, 4.69) is 4.74 Å². The highest BCUT2D eigenvalue weighted by molar-refractivity contribution is 6.36. The maximum Gasteiger partial charge on any atom is 0.374 e. The van der Waals surface area contributed by atoms with Gasteiger partial charge in [0.15, 0.2) is 0 Å². The van der Waals surface area contributed by atoms with Gasteiger partial charge < -0.3 is 9.47 Å². The maximum absolute atomic E-state index is 11.3. The normalized spacial score (nSPS) is 9.69. The Labute approximate surface area is 98.1 Å². The monoisotopic (exact) mass is 242 g/mol. The van der Waals surface area contributed by atoms with Crippen molar-refractivity contribution < 1.29 is 19.1 Å². The molecule has 0 radical (unpaired) electrons. The van der Waals surface area contributed by atoms with E-state index in [1.54, 1.807) is 18.2 Å². The molecule has 4 nitrogen and oxygen atoms in total. The fourth-order valence-electron chi connectivity index (χ4n) is 1.21.